The summed E-state index contributed by atoms with van der Waals surface area (Å²) in [6.07, 6.45) is 0. The van der Waals surface area contributed by atoms with E-state index < -0.39 is 0 Å². The van der Waals surface area contributed by atoms with E-state index in [1.54, 1.807) is 12.1 Å². The molecule has 0 unspecified atom stereocenters. The second-order valence-corrected chi connectivity index (χ2v) is 7.05. The second kappa shape index (κ2) is 8.92. The molecule has 3 rings (SSSR count). The fourth-order valence-electron chi connectivity index (χ4n) is 2.42. The first-order valence-electron chi connectivity index (χ1n) is 8.11. The van der Waals surface area contributed by atoms with Crippen molar-refractivity contribution >= 4 is 33.1 Å². The van der Waals surface area contributed by atoms with E-state index in [4.69, 9.17) is 17.0 Å². The summed E-state index contributed by atoms with van der Waals surface area (Å²) in [5.41, 5.74) is 2.86. The smallest absolute Gasteiger partial charge is 0.130 e. The highest BCUT2D eigenvalue weighted by Gasteiger charge is 2.10. The van der Waals surface area contributed by atoms with E-state index in [0.717, 1.165) is 21.2 Å². The van der Waals surface area contributed by atoms with Gasteiger partial charge in [0.15, 0.2) is 0 Å². The van der Waals surface area contributed by atoms with Crippen molar-refractivity contribution in [1.29, 1.82) is 0 Å². The first-order chi connectivity index (χ1) is 12.6. The standard InChI is InChI=1S/C21H17BrFNOS/c22-17-8-11-20(25-14-16-4-2-1-3-5-16)19(12-17)21(26)24-13-15-6-9-18(23)10-7-15/h1-12H,13-14H2,(H,24,26). The highest BCUT2D eigenvalue weighted by atomic mass is 79.9. The van der Waals surface area contributed by atoms with Crippen LogP contribution >= 0.6 is 28.1 Å². The molecule has 0 saturated carbocycles. The molecule has 26 heavy (non-hydrogen) atoms. The first kappa shape index (κ1) is 18.5. The number of halogens is 2. The van der Waals surface area contributed by atoms with Crippen LogP contribution in [0.15, 0.2) is 77.3 Å². The van der Waals surface area contributed by atoms with E-state index in [2.05, 4.69) is 21.2 Å². The van der Waals surface area contributed by atoms with Crippen molar-refractivity contribution in [3.63, 3.8) is 0 Å². The molecular formula is C21H17BrFNOS. The number of thiocarbonyl (C=S) groups is 1. The van der Waals surface area contributed by atoms with Crippen LogP contribution in [0.3, 0.4) is 0 Å². The van der Waals surface area contributed by atoms with E-state index in [9.17, 15) is 4.39 Å². The predicted octanol–water partition coefficient (Wildman–Crippen LogP) is 5.63. The lowest BCUT2D eigenvalue weighted by Gasteiger charge is -2.14. The summed E-state index contributed by atoms with van der Waals surface area (Å²) < 4.78 is 19.9. The molecule has 0 aliphatic carbocycles. The summed E-state index contributed by atoms with van der Waals surface area (Å²) in [6, 6.07) is 22.1. The molecule has 3 aromatic carbocycles. The van der Waals surface area contributed by atoms with Crippen molar-refractivity contribution < 1.29 is 9.13 Å². The van der Waals surface area contributed by atoms with Crippen LogP contribution in [0.25, 0.3) is 0 Å². The average Bonchev–Trinajstić information content (AvgIpc) is 2.67. The number of nitrogens with one attached hydrogen (secondary N) is 1. The Hall–Kier alpha value is -2.24. The molecular weight excluding hydrogens is 413 g/mol. The van der Waals surface area contributed by atoms with E-state index in [1.807, 2.05) is 48.5 Å². The monoisotopic (exact) mass is 429 g/mol. The Bertz CT molecular complexity index is 884. The van der Waals surface area contributed by atoms with Gasteiger partial charge in [0.1, 0.15) is 23.2 Å². The molecule has 5 heteroatoms. The third kappa shape index (κ3) is 5.13. The van der Waals surface area contributed by atoms with Crippen molar-refractivity contribution in [2.24, 2.45) is 0 Å². The van der Waals surface area contributed by atoms with Gasteiger partial charge >= 0.3 is 0 Å². The molecule has 0 spiro atoms. The summed E-state index contributed by atoms with van der Waals surface area (Å²) in [4.78, 5) is 0.582. The molecule has 0 saturated heterocycles. The van der Waals surface area contributed by atoms with Gasteiger partial charge < -0.3 is 10.1 Å². The zero-order chi connectivity index (χ0) is 18.4. The molecule has 0 aromatic heterocycles. The van der Waals surface area contributed by atoms with Gasteiger partial charge in [-0.15, -0.1) is 0 Å². The molecule has 0 bridgehead atoms. The Morgan fingerprint density at radius 1 is 0.962 bits per heavy atom. The highest BCUT2D eigenvalue weighted by molar-refractivity contribution is 9.10. The zero-order valence-electron chi connectivity index (χ0n) is 13.9. The number of hydrogen-bond acceptors (Lipinski definition) is 2. The minimum atomic E-state index is -0.250. The number of benzene rings is 3. The first-order valence-corrected chi connectivity index (χ1v) is 9.31. The Balaban J connectivity index is 1.70. The largest absolute Gasteiger partial charge is 0.488 e. The Morgan fingerprint density at radius 3 is 2.42 bits per heavy atom. The fourth-order valence-corrected chi connectivity index (χ4v) is 3.01. The van der Waals surface area contributed by atoms with Crippen LogP contribution in [-0.2, 0) is 13.2 Å². The van der Waals surface area contributed by atoms with Gasteiger partial charge in [0.25, 0.3) is 0 Å². The summed E-state index contributed by atoms with van der Waals surface area (Å²) >= 11 is 9.02. The van der Waals surface area contributed by atoms with Crippen LogP contribution in [0.4, 0.5) is 4.39 Å². The van der Waals surface area contributed by atoms with Gasteiger partial charge in [-0.1, -0.05) is 70.6 Å². The summed E-state index contributed by atoms with van der Waals surface area (Å²) in [6.45, 7) is 0.986. The molecule has 2 nitrogen and oxygen atoms in total. The summed E-state index contributed by atoms with van der Waals surface area (Å²) in [5.74, 6) is 0.466. The van der Waals surface area contributed by atoms with Gasteiger partial charge in [-0.3, -0.25) is 0 Å². The Kier molecular flexibility index (Phi) is 6.36. The van der Waals surface area contributed by atoms with Crippen molar-refractivity contribution in [1.82, 2.24) is 5.32 Å². The molecule has 0 aliphatic rings. The van der Waals surface area contributed by atoms with Crippen LogP contribution in [0.2, 0.25) is 0 Å². The van der Waals surface area contributed by atoms with Crippen LogP contribution < -0.4 is 10.1 Å². The average molecular weight is 430 g/mol. The van der Waals surface area contributed by atoms with Gasteiger partial charge in [0, 0.05) is 11.0 Å². The Labute approximate surface area is 166 Å². The third-order valence-corrected chi connectivity index (χ3v) is 4.65. The highest BCUT2D eigenvalue weighted by Crippen LogP contribution is 2.25. The maximum absolute atomic E-state index is 13.0. The summed E-state index contributed by atoms with van der Waals surface area (Å²) in [7, 11) is 0. The molecule has 3 aromatic rings. The number of ether oxygens (including phenoxy) is 1. The minimum Gasteiger partial charge on any atom is -0.488 e. The van der Waals surface area contributed by atoms with Crippen molar-refractivity contribution in [3.05, 3.63) is 99.8 Å². The van der Waals surface area contributed by atoms with E-state index in [1.165, 1.54) is 12.1 Å². The lowest BCUT2D eigenvalue weighted by atomic mass is 10.1. The number of hydrogen-bond donors (Lipinski definition) is 1. The molecule has 0 atom stereocenters. The van der Waals surface area contributed by atoms with E-state index in [-0.39, 0.29) is 5.82 Å². The topological polar surface area (TPSA) is 21.3 Å². The molecule has 1 N–H and O–H groups in total. The maximum Gasteiger partial charge on any atom is 0.130 e. The third-order valence-electron chi connectivity index (χ3n) is 3.79. The molecule has 0 aliphatic heterocycles. The van der Waals surface area contributed by atoms with E-state index in [0.29, 0.717) is 23.9 Å². The minimum absolute atomic E-state index is 0.250. The quantitative estimate of drug-likeness (QED) is 0.512. The fraction of sp³-hybridized carbons (Fsp3) is 0.0952. The molecule has 0 fully saturated rings. The molecule has 0 amide bonds. The van der Waals surface area contributed by atoms with Crippen molar-refractivity contribution in [2.75, 3.05) is 0 Å². The Morgan fingerprint density at radius 2 is 1.69 bits per heavy atom. The normalized spacial score (nSPS) is 10.4. The van der Waals surface area contributed by atoms with Crippen LogP contribution in [-0.4, -0.2) is 4.99 Å². The van der Waals surface area contributed by atoms with Gasteiger partial charge in [0.05, 0.1) is 5.56 Å². The van der Waals surface area contributed by atoms with Crippen LogP contribution in [0.5, 0.6) is 5.75 Å². The van der Waals surface area contributed by atoms with Crippen LogP contribution in [0.1, 0.15) is 16.7 Å². The molecule has 0 heterocycles. The lowest BCUT2D eigenvalue weighted by Crippen LogP contribution is -2.22. The molecule has 0 radical (unpaired) electrons. The van der Waals surface area contributed by atoms with Gasteiger partial charge in [-0.05, 0) is 41.5 Å². The van der Waals surface area contributed by atoms with Crippen LogP contribution in [0, 0.1) is 5.82 Å². The van der Waals surface area contributed by atoms with Crippen molar-refractivity contribution in [2.45, 2.75) is 13.2 Å². The molecule has 132 valence electrons. The van der Waals surface area contributed by atoms with E-state index >= 15 is 0 Å². The van der Waals surface area contributed by atoms with Gasteiger partial charge in [0.2, 0.25) is 0 Å². The summed E-state index contributed by atoms with van der Waals surface area (Å²) in [5, 5.41) is 3.21. The maximum atomic E-state index is 13.0. The van der Waals surface area contributed by atoms with Crippen molar-refractivity contribution in [3.8, 4) is 5.75 Å². The van der Waals surface area contributed by atoms with Gasteiger partial charge in [-0.25, -0.2) is 4.39 Å². The second-order valence-electron chi connectivity index (χ2n) is 5.72. The number of rotatable bonds is 6. The SMILES string of the molecule is Fc1ccc(CNC(=S)c2cc(Br)ccc2OCc2ccccc2)cc1. The lowest BCUT2D eigenvalue weighted by molar-refractivity contribution is 0.305. The predicted molar refractivity (Wildman–Crippen MR) is 110 cm³/mol. The van der Waals surface area contributed by atoms with Gasteiger partial charge in [-0.2, -0.15) is 0 Å². The zero-order valence-corrected chi connectivity index (χ0v) is 16.3.